The molecule has 3 rings (SSSR count). The van der Waals surface area contributed by atoms with Crippen LogP contribution in [0.3, 0.4) is 0 Å². The molecule has 4 heteroatoms. The lowest BCUT2D eigenvalue weighted by molar-refractivity contribution is 0.117. The van der Waals surface area contributed by atoms with E-state index in [0.29, 0.717) is 6.42 Å². The van der Waals surface area contributed by atoms with Gasteiger partial charge in [0.2, 0.25) is 0 Å². The van der Waals surface area contributed by atoms with Crippen LogP contribution in [-0.2, 0) is 0 Å². The number of aromatic hydroxyl groups is 1. The van der Waals surface area contributed by atoms with Gasteiger partial charge < -0.3 is 15.5 Å². The van der Waals surface area contributed by atoms with Crippen LogP contribution >= 0.6 is 15.9 Å². The summed E-state index contributed by atoms with van der Waals surface area (Å²) in [5, 5.41) is 25.1. The Kier molecular flexibility index (Phi) is 3.48. The lowest BCUT2D eigenvalue weighted by atomic mass is 9.91. The summed E-state index contributed by atoms with van der Waals surface area (Å²) in [5.41, 5.74) is 1.13. The Bertz CT molecular complexity index is 614. The number of piperidine rings is 1. The van der Waals surface area contributed by atoms with Gasteiger partial charge in [-0.25, -0.2) is 0 Å². The average molecular weight is 322 g/mol. The number of aliphatic hydroxyl groups excluding tert-OH is 1. The molecule has 1 aliphatic rings. The predicted octanol–water partition coefficient (Wildman–Crippen LogP) is 3.09. The Balaban J connectivity index is 2.12. The minimum atomic E-state index is -0.248. The highest BCUT2D eigenvalue weighted by atomic mass is 79.9. The third-order valence-corrected chi connectivity index (χ3v) is 4.42. The summed E-state index contributed by atoms with van der Waals surface area (Å²) in [6, 6.07) is 9.62. The first-order valence-corrected chi connectivity index (χ1v) is 7.27. The van der Waals surface area contributed by atoms with Gasteiger partial charge in [0.25, 0.3) is 0 Å². The minimum Gasteiger partial charge on any atom is -0.508 e. The highest BCUT2D eigenvalue weighted by molar-refractivity contribution is 9.10. The molecular weight excluding hydrogens is 306 g/mol. The summed E-state index contributed by atoms with van der Waals surface area (Å²) in [6.07, 6.45) is 1.27. The van der Waals surface area contributed by atoms with Crippen LogP contribution in [0.1, 0.15) is 24.4 Å². The fourth-order valence-electron chi connectivity index (χ4n) is 2.76. The van der Waals surface area contributed by atoms with Crippen molar-refractivity contribution in [2.75, 3.05) is 6.54 Å². The topological polar surface area (TPSA) is 52.5 Å². The molecule has 0 saturated carbocycles. The molecule has 3 N–H and O–H groups in total. The summed E-state index contributed by atoms with van der Waals surface area (Å²) >= 11 is 3.54. The lowest BCUT2D eigenvalue weighted by Gasteiger charge is -2.28. The third kappa shape index (κ3) is 2.48. The molecule has 100 valence electrons. The van der Waals surface area contributed by atoms with E-state index >= 15 is 0 Å². The van der Waals surface area contributed by atoms with Gasteiger partial charge in [-0.05, 0) is 60.0 Å². The van der Waals surface area contributed by atoms with E-state index in [2.05, 4.69) is 27.3 Å². The molecule has 2 atom stereocenters. The van der Waals surface area contributed by atoms with Gasteiger partial charge in [0.1, 0.15) is 5.75 Å². The highest BCUT2D eigenvalue weighted by Gasteiger charge is 2.22. The molecule has 0 amide bonds. The Labute approximate surface area is 120 Å². The van der Waals surface area contributed by atoms with Crippen molar-refractivity contribution in [2.24, 2.45) is 0 Å². The number of phenolic OH excluding ortho intramolecular Hbond substituents is 1. The first kappa shape index (κ1) is 12.9. The number of rotatable bonds is 1. The fourth-order valence-corrected chi connectivity index (χ4v) is 3.24. The summed E-state index contributed by atoms with van der Waals surface area (Å²) in [4.78, 5) is 0. The first-order chi connectivity index (χ1) is 9.15. The molecule has 19 heavy (non-hydrogen) atoms. The maximum Gasteiger partial charge on any atom is 0.116 e. The number of fused-ring (bicyclic) bond motifs is 1. The molecule has 2 aromatic rings. The van der Waals surface area contributed by atoms with Gasteiger partial charge in [0.15, 0.2) is 0 Å². The second-order valence-electron chi connectivity index (χ2n) is 5.05. The standard InChI is InChI=1S/C15H16BrNO2/c16-14-4-3-12(15-8-10(19)5-6-17-15)13-7-9(18)1-2-11(13)14/h1-4,7,10,15,17-19H,5-6,8H2/t10?,15-/m0/s1. The largest absolute Gasteiger partial charge is 0.508 e. The van der Waals surface area contributed by atoms with E-state index in [1.165, 1.54) is 0 Å². The van der Waals surface area contributed by atoms with Gasteiger partial charge in [-0.2, -0.15) is 0 Å². The third-order valence-electron chi connectivity index (χ3n) is 3.73. The van der Waals surface area contributed by atoms with Crippen LogP contribution in [0, 0.1) is 0 Å². The second-order valence-corrected chi connectivity index (χ2v) is 5.91. The minimum absolute atomic E-state index is 0.140. The Morgan fingerprint density at radius 3 is 2.79 bits per heavy atom. The number of halogens is 1. The van der Waals surface area contributed by atoms with Crippen LogP contribution in [0.2, 0.25) is 0 Å². The molecule has 1 heterocycles. The number of hydrogen-bond donors (Lipinski definition) is 3. The van der Waals surface area contributed by atoms with Crippen molar-refractivity contribution in [3.05, 3.63) is 40.4 Å². The van der Waals surface area contributed by atoms with Crippen molar-refractivity contribution >= 4 is 26.7 Å². The number of nitrogens with one attached hydrogen (secondary N) is 1. The molecule has 0 bridgehead atoms. The maximum absolute atomic E-state index is 9.82. The molecule has 3 nitrogen and oxygen atoms in total. The van der Waals surface area contributed by atoms with Crippen molar-refractivity contribution in [3.63, 3.8) is 0 Å². The molecule has 2 aromatic carbocycles. The molecule has 0 aromatic heterocycles. The summed E-state index contributed by atoms with van der Waals surface area (Å²) in [7, 11) is 0. The van der Waals surface area contributed by atoms with Gasteiger partial charge in [0.05, 0.1) is 6.10 Å². The van der Waals surface area contributed by atoms with Crippen LogP contribution in [0.4, 0.5) is 0 Å². The molecule has 0 aliphatic carbocycles. The van der Waals surface area contributed by atoms with E-state index in [1.807, 2.05) is 12.1 Å². The monoisotopic (exact) mass is 321 g/mol. The van der Waals surface area contributed by atoms with Crippen molar-refractivity contribution < 1.29 is 10.2 Å². The van der Waals surface area contributed by atoms with Crippen LogP contribution < -0.4 is 5.32 Å². The van der Waals surface area contributed by atoms with Gasteiger partial charge in [-0.1, -0.05) is 22.0 Å². The molecule has 0 radical (unpaired) electrons. The number of hydrogen-bond acceptors (Lipinski definition) is 3. The zero-order valence-electron chi connectivity index (χ0n) is 10.4. The van der Waals surface area contributed by atoms with Crippen LogP contribution in [0.5, 0.6) is 5.75 Å². The molecule has 1 aliphatic heterocycles. The smallest absolute Gasteiger partial charge is 0.116 e. The van der Waals surface area contributed by atoms with E-state index in [4.69, 9.17) is 0 Å². The zero-order valence-corrected chi connectivity index (χ0v) is 12.0. The number of aliphatic hydroxyl groups is 1. The van der Waals surface area contributed by atoms with Gasteiger partial charge >= 0.3 is 0 Å². The first-order valence-electron chi connectivity index (χ1n) is 6.48. The summed E-state index contributed by atoms with van der Waals surface area (Å²) in [5.74, 6) is 0.267. The summed E-state index contributed by atoms with van der Waals surface area (Å²) in [6.45, 7) is 0.822. The molecular formula is C15H16BrNO2. The van der Waals surface area contributed by atoms with Crippen molar-refractivity contribution in [1.82, 2.24) is 5.32 Å². The average Bonchev–Trinajstić information content (AvgIpc) is 2.39. The van der Waals surface area contributed by atoms with Crippen LogP contribution in [-0.4, -0.2) is 22.9 Å². The van der Waals surface area contributed by atoms with Gasteiger partial charge in [0, 0.05) is 10.5 Å². The SMILES string of the molecule is Oc1ccc2c(Br)ccc([C@@H]3CC(O)CCN3)c2c1. The van der Waals surface area contributed by atoms with Crippen LogP contribution in [0.15, 0.2) is 34.8 Å². The summed E-state index contributed by atoms with van der Waals surface area (Å²) < 4.78 is 1.02. The van der Waals surface area contributed by atoms with Crippen molar-refractivity contribution in [3.8, 4) is 5.75 Å². The lowest BCUT2D eigenvalue weighted by Crippen LogP contribution is -2.34. The zero-order chi connectivity index (χ0) is 13.4. The van der Waals surface area contributed by atoms with Crippen molar-refractivity contribution in [2.45, 2.75) is 25.0 Å². The van der Waals surface area contributed by atoms with Crippen LogP contribution in [0.25, 0.3) is 10.8 Å². The molecule has 1 unspecified atom stereocenters. The Hall–Kier alpha value is -1.10. The Morgan fingerprint density at radius 2 is 2.00 bits per heavy atom. The second kappa shape index (κ2) is 5.12. The number of phenols is 1. The normalized spacial score (nSPS) is 23.7. The van der Waals surface area contributed by atoms with E-state index < -0.39 is 0 Å². The van der Waals surface area contributed by atoms with E-state index in [0.717, 1.165) is 33.8 Å². The van der Waals surface area contributed by atoms with Crippen molar-refractivity contribution in [1.29, 1.82) is 0 Å². The molecule has 1 fully saturated rings. The van der Waals surface area contributed by atoms with E-state index in [-0.39, 0.29) is 17.9 Å². The molecule has 0 spiro atoms. The van der Waals surface area contributed by atoms with E-state index in [9.17, 15) is 10.2 Å². The maximum atomic E-state index is 9.82. The highest BCUT2D eigenvalue weighted by Crippen LogP contribution is 2.35. The van der Waals surface area contributed by atoms with E-state index in [1.54, 1.807) is 12.1 Å². The predicted molar refractivity (Wildman–Crippen MR) is 79.3 cm³/mol. The quantitative estimate of drug-likeness (QED) is 0.756. The van der Waals surface area contributed by atoms with Gasteiger partial charge in [-0.3, -0.25) is 0 Å². The fraction of sp³-hybridized carbons (Fsp3) is 0.333. The number of benzene rings is 2. The molecule has 1 saturated heterocycles. The Morgan fingerprint density at radius 1 is 1.16 bits per heavy atom. The van der Waals surface area contributed by atoms with Gasteiger partial charge in [-0.15, -0.1) is 0 Å².